The summed E-state index contributed by atoms with van der Waals surface area (Å²) >= 11 is 1.62. The molecule has 1 N–H and O–H groups in total. The smallest absolute Gasteiger partial charge is 0.238 e. The Kier molecular flexibility index (Phi) is 8.19. The zero-order valence-electron chi connectivity index (χ0n) is 19.1. The van der Waals surface area contributed by atoms with Crippen molar-refractivity contribution in [2.45, 2.75) is 64.7 Å². The van der Waals surface area contributed by atoms with Crippen LogP contribution < -0.4 is 10.2 Å². The Balaban J connectivity index is 1.92. The molecular formula is C26H34N2O2S. The lowest BCUT2D eigenvalue weighted by Gasteiger charge is -2.29. The summed E-state index contributed by atoms with van der Waals surface area (Å²) in [7, 11) is 0. The van der Waals surface area contributed by atoms with E-state index in [1.807, 2.05) is 47.4 Å². The van der Waals surface area contributed by atoms with Gasteiger partial charge in [0.25, 0.3) is 0 Å². The van der Waals surface area contributed by atoms with Crippen LogP contribution in [0.25, 0.3) is 0 Å². The number of nitrogens with zero attached hydrogens (tertiary/aromatic N) is 1. The topological polar surface area (TPSA) is 49.4 Å². The average Bonchev–Trinajstić information content (AvgIpc) is 3.15. The zero-order valence-corrected chi connectivity index (χ0v) is 19.9. The molecule has 2 aromatic carbocycles. The minimum Gasteiger partial charge on any atom is -0.325 e. The minimum absolute atomic E-state index is 0.0173. The van der Waals surface area contributed by atoms with E-state index in [4.69, 9.17) is 0 Å². The van der Waals surface area contributed by atoms with Crippen LogP contribution in [0.15, 0.2) is 48.5 Å². The predicted octanol–water partition coefficient (Wildman–Crippen LogP) is 6.74. The molecular weight excluding hydrogens is 404 g/mol. The van der Waals surface area contributed by atoms with Gasteiger partial charge in [0.2, 0.25) is 11.8 Å². The minimum atomic E-state index is -0.153. The van der Waals surface area contributed by atoms with Crippen LogP contribution in [-0.2, 0) is 9.59 Å². The van der Waals surface area contributed by atoms with Gasteiger partial charge in [-0.2, -0.15) is 0 Å². The summed E-state index contributed by atoms with van der Waals surface area (Å²) in [6.07, 6.45) is 3.88. The normalized spacial score (nSPS) is 17.3. The van der Waals surface area contributed by atoms with E-state index in [0.717, 1.165) is 48.2 Å². The van der Waals surface area contributed by atoms with E-state index in [2.05, 4.69) is 39.1 Å². The molecule has 2 atom stereocenters. The van der Waals surface area contributed by atoms with Crippen LogP contribution in [-0.4, -0.2) is 17.6 Å². The van der Waals surface area contributed by atoms with Gasteiger partial charge in [-0.1, -0.05) is 76.9 Å². The van der Waals surface area contributed by atoms with Crippen molar-refractivity contribution >= 4 is 35.0 Å². The fraction of sp³-hybridized carbons (Fsp3) is 0.462. The number of thioether (sulfide) groups is 1. The number of amides is 2. The SMILES string of the molecule is CCCC[C@@H](CC)C(=O)Nc1ccccc1[C@H]1SCC(=O)N1c1ccccc1C(C)C. The van der Waals surface area contributed by atoms with Gasteiger partial charge in [0.15, 0.2) is 0 Å². The molecule has 1 heterocycles. The lowest BCUT2D eigenvalue weighted by atomic mass is 9.98. The van der Waals surface area contributed by atoms with Gasteiger partial charge >= 0.3 is 0 Å². The molecule has 0 aliphatic carbocycles. The molecule has 0 bridgehead atoms. The maximum absolute atomic E-state index is 13.0. The standard InChI is InChI=1S/C26H34N2O2S/c1-5-7-12-19(6-2)25(30)27-22-15-10-8-14-21(22)26-28(24(29)17-31-26)23-16-11-9-13-20(23)18(3)4/h8-11,13-16,18-19,26H,5-7,12,17H2,1-4H3,(H,27,30)/t19-,26-/m1/s1. The van der Waals surface area contributed by atoms with Gasteiger partial charge in [0, 0.05) is 22.9 Å². The van der Waals surface area contributed by atoms with Crippen LogP contribution in [0.3, 0.4) is 0 Å². The van der Waals surface area contributed by atoms with Gasteiger partial charge in [-0.3, -0.25) is 14.5 Å². The van der Waals surface area contributed by atoms with Gasteiger partial charge < -0.3 is 5.32 Å². The maximum Gasteiger partial charge on any atom is 0.238 e. The molecule has 0 spiro atoms. The van der Waals surface area contributed by atoms with Crippen LogP contribution in [0.1, 0.15) is 75.8 Å². The summed E-state index contributed by atoms with van der Waals surface area (Å²) in [5, 5.41) is 3.03. The first-order valence-electron chi connectivity index (χ1n) is 11.4. The van der Waals surface area contributed by atoms with Crippen LogP contribution in [0.2, 0.25) is 0 Å². The molecule has 0 saturated carbocycles. The maximum atomic E-state index is 13.0. The second-order valence-corrected chi connectivity index (χ2v) is 9.53. The molecule has 5 heteroatoms. The lowest BCUT2D eigenvalue weighted by molar-refractivity contribution is -0.120. The fourth-order valence-corrected chi connectivity index (χ4v) is 5.35. The van der Waals surface area contributed by atoms with Crippen molar-refractivity contribution in [3.8, 4) is 0 Å². The third kappa shape index (κ3) is 5.32. The summed E-state index contributed by atoms with van der Waals surface area (Å²) in [6, 6.07) is 16.1. The summed E-state index contributed by atoms with van der Waals surface area (Å²) in [6.45, 7) is 8.52. The Morgan fingerprint density at radius 3 is 2.55 bits per heavy atom. The summed E-state index contributed by atoms with van der Waals surface area (Å²) in [5.74, 6) is 0.955. The predicted molar refractivity (Wildman–Crippen MR) is 132 cm³/mol. The third-order valence-corrected chi connectivity index (χ3v) is 7.13. The van der Waals surface area contributed by atoms with Gasteiger partial charge in [-0.05, 0) is 36.5 Å². The van der Waals surface area contributed by atoms with Crippen LogP contribution in [0.5, 0.6) is 0 Å². The van der Waals surface area contributed by atoms with E-state index in [0.29, 0.717) is 11.7 Å². The molecule has 1 saturated heterocycles. The summed E-state index contributed by atoms with van der Waals surface area (Å²) in [5.41, 5.74) is 3.92. The quantitative estimate of drug-likeness (QED) is 0.471. The Labute approximate surface area is 190 Å². The van der Waals surface area contributed by atoms with Gasteiger partial charge in [0.1, 0.15) is 5.37 Å². The molecule has 4 nitrogen and oxygen atoms in total. The van der Waals surface area contributed by atoms with Gasteiger partial charge in [-0.15, -0.1) is 11.8 Å². The van der Waals surface area contributed by atoms with E-state index >= 15 is 0 Å². The second-order valence-electron chi connectivity index (χ2n) is 8.46. The lowest BCUT2D eigenvalue weighted by Crippen LogP contribution is -2.30. The van der Waals surface area contributed by atoms with Crippen molar-refractivity contribution in [3.05, 3.63) is 59.7 Å². The number of carbonyl (C=O) groups is 2. The fourth-order valence-electron chi connectivity index (χ4n) is 4.14. The van der Waals surface area contributed by atoms with Gasteiger partial charge in [-0.25, -0.2) is 0 Å². The van der Waals surface area contributed by atoms with E-state index in [-0.39, 0.29) is 23.1 Å². The van der Waals surface area contributed by atoms with Gasteiger partial charge in [0.05, 0.1) is 5.75 Å². The summed E-state index contributed by atoms with van der Waals surface area (Å²) < 4.78 is 0. The van der Waals surface area contributed by atoms with E-state index in [1.165, 1.54) is 0 Å². The molecule has 0 unspecified atom stereocenters. The molecule has 166 valence electrons. The highest BCUT2D eigenvalue weighted by Crippen LogP contribution is 2.46. The number of hydrogen-bond donors (Lipinski definition) is 1. The van der Waals surface area contributed by atoms with Crippen LogP contribution >= 0.6 is 11.8 Å². The third-order valence-electron chi connectivity index (χ3n) is 5.94. The number of rotatable bonds is 9. The molecule has 0 aromatic heterocycles. The first-order chi connectivity index (χ1) is 15.0. The van der Waals surface area contributed by atoms with Crippen molar-refractivity contribution in [1.82, 2.24) is 0 Å². The number of anilines is 2. The van der Waals surface area contributed by atoms with E-state index < -0.39 is 0 Å². The van der Waals surface area contributed by atoms with E-state index in [9.17, 15) is 9.59 Å². The van der Waals surface area contributed by atoms with Crippen molar-refractivity contribution in [2.75, 3.05) is 16.0 Å². The molecule has 1 aliphatic rings. The molecule has 0 radical (unpaired) electrons. The Hall–Kier alpha value is -2.27. The number of carbonyl (C=O) groups excluding carboxylic acids is 2. The molecule has 2 amide bonds. The number of unbranched alkanes of at least 4 members (excludes halogenated alkanes) is 1. The number of nitrogens with one attached hydrogen (secondary N) is 1. The Morgan fingerprint density at radius 1 is 1.13 bits per heavy atom. The molecule has 2 aromatic rings. The van der Waals surface area contributed by atoms with Crippen molar-refractivity contribution in [1.29, 1.82) is 0 Å². The average molecular weight is 439 g/mol. The molecule has 31 heavy (non-hydrogen) atoms. The molecule has 1 fully saturated rings. The van der Waals surface area contributed by atoms with Crippen LogP contribution in [0.4, 0.5) is 11.4 Å². The highest BCUT2D eigenvalue weighted by atomic mass is 32.2. The number of benzene rings is 2. The van der Waals surface area contributed by atoms with Crippen molar-refractivity contribution in [2.24, 2.45) is 5.92 Å². The van der Waals surface area contributed by atoms with Crippen LogP contribution in [0, 0.1) is 5.92 Å². The zero-order chi connectivity index (χ0) is 22.4. The first-order valence-corrected chi connectivity index (χ1v) is 12.4. The molecule has 1 aliphatic heterocycles. The van der Waals surface area contributed by atoms with Crippen molar-refractivity contribution < 1.29 is 9.59 Å². The number of para-hydroxylation sites is 2. The second kappa shape index (κ2) is 10.9. The Morgan fingerprint density at radius 2 is 1.84 bits per heavy atom. The van der Waals surface area contributed by atoms with Crippen molar-refractivity contribution in [3.63, 3.8) is 0 Å². The molecule has 3 rings (SSSR count). The highest BCUT2D eigenvalue weighted by Gasteiger charge is 2.36. The highest BCUT2D eigenvalue weighted by molar-refractivity contribution is 8.00. The van der Waals surface area contributed by atoms with E-state index in [1.54, 1.807) is 11.8 Å². The largest absolute Gasteiger partial charge is 0.325 e. The summed E-state index contributed by atoms with van der Waals surface area (Å²) in [4.78, 5) is 27.9. The monoisotopic (exact) mass is 438 g/mol. The Bertz CT molecular complexity index is 912. The number of hydrogen-bond acceptors (Lipinski definition) is 3. The first kappa shape index (κ1) is 23.4.